The van der Waals surface area contributed by atoms with E-state index in [-0.39, 0.29) is 29.2 Å². The van der Waals surface area contributed by atoms with Crippen LogP contribution in [-0.4, -0.2) is 45.8 Å². The summed E-state index contributed by atoms with van der Waals surface area (Å²) < 4.78 is 16.1. The topological polar surface area (TPSA) is 71.8 Å². The van der Waals surface area contributed by atoms with Crippen LogP contribution in [0.3, 0.4) is 0 Å². The van der Waals surface area contributed by atoms with Crippen LogP contribution in [0.2, 0.25) is 0 Å². The summed E-state index contributed by atoms with van der Waals surface area (Å²) in [4.78, 5) is 14.8. The van der Waals surface area contributed by atoms with Gasteiger partial charge in [-0.2, -0.15) is 5.26 Å². The van der Waals surface area contributed by atoms with Crippen LogP contribution in [0, 0.1) is 11.3 Å². The number of methoxy groups -OCH3 is 2. The average Bonchev–Trinajstić information content (AvgIpc) is 2.73. The molecule has 2 aromatic carbocycles. The Morgan fingerprint density at radius 1 is 1.11 bits per heavy atom. The van der Waals surface area contributed by atoms with Crippen LogP contribution in [0.5, 0.6) is 11.5 Å². The predicted molar refractivity (Wildman–Crippen MR) is 107 cm³/mol. The zero-order chi connectivity index (χ0) is 20.7. The van der Waals surface area contributed by atoms with Gasteiger partial charge in [-0.3, -0.25) is 4.90 Å². The number of benzene rings is 2. The Kier molecular flexibility index (Phi) is 7.02. The highest BCUT2D eigenvalue weighted by atomic mass is 16.5. The predicted octanol–water partition coefficient (Wildman–Crippen LogP) is 3.60. The maximum Gasteiger partial charge on any atom is 0.338 e. The SMILES string of the molecule is CCC(COC(=O)c1cc(OC)c(C#N)c(OC)c1)(c1ccccc1)N(C)C. The van der Waals surface area contributed by atoms with Crippen molar-refractivity contribution >= 4 is 5.97 Å². The van der Waals surface area contributed by atoms with Crippen LogP contribution in [0.1, 0.15) is 34.8 Å². The Hall–Kier alpha value is -3.04. The molecular weight excluding hydrogens is 356 g/mol. The van der Waals surface area contributed by atoms with E-state index in [0.717, 1.165) is 12.0 Å². The van der Waals surface area contributed by atoms with Gasteiger partial charge in [-0.05, 0) is 38.2 Å². The fraction of sp³-hybridized carbons (Fsp3) is 0.364. The Labute approximate surface area is 166 Å². The molecule has 1 atom stereocenters. The molecule has 0 N–H and O–H groups in total. The molecule has 0 aliphatic heterocycles. The van der Waals surface area contributed by atoms with Gasteiger partial charge in [0.2, 0.25) is 0 Å². The largest absolute Gasteiger partial charge is 0.495 e. The van der Waals surface area contributed by atoms with Gasteiger partial charge in [-0.25, -0.2) is 4.79 Å². The molecule has 0 saturated heterocycles. The Bertz CT molecular complexity index is 834. The molecular formula is C22H26N2O4. The van der Waals surface area contributed by atoms with E-state index < -0.39 is 11.5 Å². The summed E-state index contributed by atoms with van der Waals surface area (Å²) in [5, 5.41) is 9.29. The zero-order valence-corrected chi connectivity index (χ0v) is 17.0. The van der Waals surface area contributed by atoms with E-state index in [0.29, 0.717) is 0 Å². The van der Waals surface area contributed by atoms with Crippen molar-refractivity contribution in [1.29, 1.82) is 5.26 Å². The van der Waals surface area contributed by atoms with Gasteiger partial charge < -0.3 is 14.2 Å². The molecule has 0 radical (unpaired) electrons. The first-order chi connectivity index (χ1) is 13.4. The normalized spacial score (nSPS) is 12.8. The van der Waals surface area contributed by atoms with Crippen molar-refractivity contribution in [1.82, 2.24) is 4.90 Å². The molecule has 6 nitrogen and oxygen atoms in total. The zero-order valence-electron chi connectivity index (χ0n) is 17.0. The van der Waals surface area contributed by atoms with Crippen molar-refractivity contribution in [3.8, 4) is 17.6 Å². The molecule has 0 amide bonds. The third-order valence-corrected chi connectivity index (χ3v) is 5.05. The highest BCUT2D eigenvalue weighted by Gasteiger charge is 2.34. The van der Waals surface area contributed by atoms with Crippen LogP contribution < -0.4 is 9.47 Å². The van der Waals surface area contributed by atoms with Crippen LogP contribution in [0.25, 0.3) is 0 Å². The van der Waals surface area contributed by atoms with Gasteiger partial charge in [0.25, 0.3) is 0 Å². The van der Waals surface area contributed by atoms with E-state index in [9.17, 15) is 10.1 Å². The molecule has 0 aliphatic carbocycles. The van der Waals surface area contributed by atoms with Crippen molar-refractivity contribution in [2.24, 2.45) is 0 Å². The molecule has 148 valence electrons. The first kappa shape index (κ1) is 21.3. The number of esters is 1. The highest BCUT2D eigenvalue weighted by Crippen LogP contribution is 2.33. The lowest BCUT2D eigenvalue weighted by molar-refractivity contribution is 0.0119. The first-order valence-corrected chi connectivity index (χ1v) is 8.99. The number of nitriles is 1. The second-order valence-corrected chi connectivity index (χ2v) is 6.59. The number of carbonyl (C=O) groups is 1. The van der Waals surface area contributed by atoms with Gasteiger partial charge in [-0.1, -0.05) is 37.3 Å². The number of rotatable bonds is 8. The van der Waals surface area contributed by atoms with E-state index in [1.54, 1.807) is 0 Å². The molecule has 0 saturated carbocycles. The highest BCUT2D eigenvalue weighted by molar-refractivity contribution is 5.91. The van der Waals surface area contributed by atoms with E-state index >= 15 is 0 Å². The van der Waals surface area contributed by atoms with Crippen molar-refractivity contribution in [2.45, 2.75) is 18.9 Å². The van der Waals surface area contributed by atoms with Gasteiger partial charge in [0.1, 0.15) is 29.7 Å². The summed E-state index contributed by atoms with van der Waals surface area (Å²) in [5.74, 6) is 0.0362. The van der Waals surface area contributed by atoms with E-state index in [2.05, 4.69) is 11.8 Å². The van der Waals surface area contributed by atoms with Gasteiger partial charge in [-0.15, -0.1) is 0 Å². The number of hydrogen-bond donors (Lipinski definition) is 0. The fourth-order valence-corrected chi connectivity index (χ4v) is 3.25. The van der Waals surface area contributed by atoms with Crippen LogP contribution >= 0.6 is 0 Å². The minimum Gasteiger partial charge on any atom is -0.495 e. The van der Waals surface area contributed by atoms with Gasteiger partial charge in [0, 0.05) is 0 Å². The number of likely N-dealkylation sites (N-methyl/N-ethyl adjacent to an activating group) is 1. The van der Waals surface area contributed by atoms with Gasteiger partial charge >= 0.3 is 5.97 Å². The lowest BCUT2D eigenvalue weighted by Crippen LogP contribution is -2.45. The molecule has 0 heterocycles. The summed E-state index contributed by atoms with van der Waals surface area (Å²) in [6.45, 7) is 2.25. The summed E-state index contributed by atoms with van der Waals surface area (Å²) in [5.41, 5.74) is 1.13. The minimum absolute atomic E-state index is 0.185. The fourth-order valence-electron chi connectivity index (χ4n) is 3.25. The molecule has 0 spiro atoms. The van der Waals surface area contributed by atoms with E-state index in [1.807, 2.05) is 50.5 Å². The van der Waals surface area contributed by atoms with Crippen LogP contribution in [-0.2, 0) is 10.3 Å². The van der Waals surface area contributed by atoms with Gasteiger partial charge in [0.05, 0.1) is 25.3 Å². The second kappa shape index (κ2) is 9.25. The number of hydrogen-bond acceptors (Lipinski definition) is 6. The standard InChI is InChI=1S/C22H26N2O4/c1-6-22(24(2)3,17-10-8-7-9-11-17)15-28-21(25)16-12-19(26-4)18(14-23)20(13-16)27-5/h7-13H,6,15H2,1-5H3. The van der Waals surface area contributed by atoms with Crippen molar-refractivity contribution in [3.05, 3.63) is 59.2 Å². The Morgan fingerprint density at radius 3 is 2.11 bits per heavy atom. The van der Waals surface area contributed by atoms with Gasteiger partial charge in [0.15, 0.2) is 0 Å². The molecule has 2 aromatic rings. The number of carbonyl (C=O) groups excluding carboxylic acids is 1. The van der Waals surface area contributed by atoms with Crippen LogP contribution in [0.15, 0.2) is 42.5 Å². The molecule has 0 fully saturated rings. The minimum atomic E-state index is -0.503. The van der Waals surface area contributed by atoms with Crippen molar-refractivity contribution in [3.63, 3.8) is 0 Å². The Morgan fingerprint density at radius 2 is 1.68 bits per heavy atom. The number of nitrogens with zero attached hydrogens (tertiary/aromatic N) is 2. The third-order valence-electron chi connectivity index (χ3n) is 5.05. The molecule has 0 bridgehead atoms. The maximum absolute atomic E-state index is 12.8. The number of ether oxygens (including phenoxy) is 3. The summed E-state index contributed by atoms with van der Waals surface area (Å²) in [7, 11) is 6.82. The van der Waals surface area contributed by atoms with E-state index in [1.165, 1.54) is 26.4 Å². The molecule has 28 heavy (non-hydrogen) atoms. The molecule has 6 heteroatoms. The maximum atomic E-state index is 12.8. The summed E-state index contributed by atoms with van der Waals surface area (Å²) >= 11 is 0. The van der Waals surface area contributed by atoms with E-state index in [4.69, 9.17) is 14.2 Å². The lowest BCUT2D eigenvalue weighted by atomic mass is 9.87. The quantitative estimate of drug-likeness (QED) is 0.650. The third kappa shape index (κ3) is 4.10. The molecule has 2 rings (SSSR count). The summed E-state index contributed by atoms with van der Waals surface area (Å²) in [6, 6.07) is 15.0. The summed E-state index contributed by atoms with van der Waals surface area (Å²) in [6.07, 6.45) is 0.761. The lowest BCUT2D eigenvalue weighted by Gasteiger charge is -2.39. The molecule has 0 aromatic heterocycles. The second-order valence-electron chi connectivity index (χ2n) is 6.59. The average molecular weight is 382 g/mol. The van der Waals surface area contributed by atoms with Crippen molar-refractivity contribution in [2.75, 3.05) is 34.9 Å². The van der Waals surface area contributed by atoms with Crippen molar-refractivity contribution < 1.29 is 19.0 Å². The monoisotopic (exact) mass is 382 g/mol. The smallest absolute Gasteiger partial charge is 0.338 e. The van der Waals surface area contributed by atoms with Crippen LogP contribution in [0.4, 0.5) is 0 Å². The first-order valence-electron chi connectivity index (χ1n) is 8.99. The molecule has 1 unspecified atom stereocenters. The molecule has 0 aliphatic rings. The Balaban J connectivity index is 2.32.